The lowest BCUT2D eigenvalue weighted by molar-refractivity contribution is -0.0770. The van der Waals surface area contributed by atoms with E-state index in [9.17, 15) is 10.1 Å². The van der Waals surface area contributed by atoms with E-state index < -0.39 is 11.0 Å². The second-order valence-corrected chi connectivity index (χ2v) is 9.70. The van der Waals surface area contributed by atoms with Gasteiger partial charge in [-0.15, -0.1) is 0 Å². The van der Waals surface area contributed by atoms with E-state index in [1.54, 1.807) is 4.90 Å². The summed E-state index contributed by atoms with van der Waals surface area (Å²) in [6.45, 7) is 8.24. The summed E-state index contributed by atoms with van der Waals surface area (Å²) < 4.78 is 6.17. The fraction of sp³-hybridized carbons (Fsp3) is 0.357. The Balaban J connectivity index is 1.54. The first-order valence-electron chi connectivity index (χ1n) is 11.6. The Kier molecular flexibility index (Phi) is 6.39. The van der Waals surface area contributed by atoms with Crippen LogP contribution in [0.15, 0.2) is 66.7 Å². The van der Waals surface area contributed by atoms with E-state index in [0.717, 1.165) is 28.1 Å². The summed E-state index contributed by atoms with van der Waals surface area (Å²) in [5.41, 5.74) is 3.18. The van der Waals surface area contributed by atoms with E-state index in [2.05, 4.69) is 16.3 Å². The van der Waals surface area contributed by atoms with Gasteiger partial charge >= 0.3 is 6.09 Å². The minimum absolute atomic E-state index is 0.150. The van der Waals surface area contributed by atoms with Gasteiger partial charge in [0.05, 0.1) is 28.9 Å². The summed E-state index contributed by atoms with van der Waals surface area (Å²) in [5.74, 6) is 0. The molecule has 0 bridgehead atoms. The molecule has 1 saturated heterocycles. The standard InChI is InChI=1S/C28H30N4O2/c1-20-10-15-25(31-30-20)23-13-11-22(12-14-23)21(2)32-17-16-28(34-26(32)33,18-27(3,4)19-29)24-8-6-5-7-9-24/h5-15,21H,16-18H2,1-4H3/t21-,28-/m0/s1. The monoisotopic (exact) mass is 454 g/mol. The molecular weight excluding hydrogens is 424 g/mol. The molecule has 34 heavy (non-hydrogen) atoms. The molecular formula is C28H30N4O2. The highest BCUT2D eigenvalue weighted by Gasteiger charge is 2.46. The molecule has 3 aromatic rings. The zero-order valence-corrected chi connectivity index (χ0v) is 20.2. The molecule has 2 aromatic carbocycles. The van der Waals surface area contributed by atoms with Crippen LogP contribution < -0.4 is 0 Å². The van der Waals surface area contributed by atoms with Gasteiger partial charge in [0, 0.05) is 24.9 Å². The number of carbonyl (C=O) groups is 1. The molecule has 6 nitrogen and oxygen atoms in total. The van der Waals surface area contributed by atoms with Crippen LogP contribution in [0.5, 0.6) is 0 Å². The molecule has 2 heterocycles. The van der Waals surface area contributed by atoms with Crippen LogP contribution in [0.1, 0.15) is 56.5 Å². The van der Waals surface area contributed by atoms with E-state index in [0.29, 0.717) is 19.4 Å². The maximum Gasteiger partial charge on any atom is 0.411 e. The van der Waals surface area contributed by atoms with Crippen molar-refractivity contribution in [2.75, 3.05) is 6.54 Å². The third-order valence-corrected chi connectivity index (χ3v) is 6.56. The van der Waals surface area contributed by atoms with Crippen molar-refractivity contribution < 1.29 is 9.53 Å². The van der Waals surface area contributed by atoms with Crippen LogP contribution in [0.3, 0.4) is 0 Å². The Morgan fingerprint density at radius 1 is 1.09 bits per heavy atom. The maximum absolute atomic E-state index is 13.3. The van der Waals surface area contributed by atoms with Crippen molar-refractivity contribution in [1.29, 1.82) is 5.26 Å². The van der Waals surface area contributed by atoms with Crippen molar-refractivity contribution in [2.45, 2.75) is 52.2 Å². The molecule has 1 aromatic heterocycles. The molecule has 0 unspecified atom stereocenters. The number of aromatic nitrogens is 2. The first-order valence-corrected chi connectivity index (χ1v) is 11.6. The van der Waals surface area contributed by atoms with Gasteiger partial charge in [0.15, 0.2) is 0 Å². The highest BCUT2D eigenvalue weighted by molar-refractivity contribution is 5.70. The zero-order valence-electron chi connectivity index (χ0n) is 20.2. The molecule has 2 atom stereocenters. The highest BCUT2D eigenvalue weighted by atomic mass is 16.6. The van der Waals surface area contributed by atoms with Gasteiger partial charge in [-0.3, -0.25) is 0 Å². The lowest BCUT2D eigenvalue weighted by atomic mass is 9.75. The molecule has 0 saturated carbocycles. The van der Waals surface area contributed by atoms with Gasteiger partial charge in [-0.2, -0.15) is 15.5 Å². The number of aryl methyl sites for hydroxylation is 1. The van der Waals surface area contributed by atoms with Crippen LogP contribution in [0.25, 0.3) is 11.3 Å². The fourth-order valence-electron chi connectivity index (χ4n) is 4.61. The number of hydrogen-bond donors (Lipinski definition) is 0. The second kappa shape index (κ2) is 9.26. The summed E-state index contributed by atoms with van der Waals surface area (Å²) in [4.78, 5) is 15.1. The van der Waals surface area contributed by atoms with Crippen molar-refractivity contribution in [3.63, 3.8) is 0 Å². The van der Waals surface area contributed by atoms with E-state index in [1.807, 2.05) is 94.4 Å². The Labute approximate surface area is 201 Å². The minimum Gasteiger partial charge on any atom is -0.438 e. The molecule has 0 aliphatic carbocycles. The van der Waals surface area contributed by atoms with Crippen LogP contribution in [0.2, 0.25) is 0 Å². The second-order valence-electron chi connectivity index (χ2n) is 9.70. The third kappa shape index (κ3) is 4.79. The average molecular weight is 455 g/mol. The number of nitriles is 1. The van der Waals surface area contributed by atoms with Crippen molar-refractivity contribution in [2.24, 2.45) is 5.41 Å². The predicted molar refractivity (Wildman–Crippen MR) is 131 cm³/mol. The lowest BCUT2D eigenvalue weighted by Crippen LogP contribution is -2.50. The molecule has 0 N–H and O–H groups in total. The van der Waals surface area contributed by atoms with Crippen molar-refractivity contribution in [3.05, 3.63) is 83.6 Å². The topological polar surface area (TPSA) is 79.1 Å². The van der Waals surface area contributed by atoms with Crippen molar-refractivity contribution in [1.82, 2.24) is 15.1 Å². The molecule has 0 radical (unpaired) electrons. The SMILES string of the molecule is Cc1ccc(-c2ccc([C@H](C)N3CC[C@](CC(C)(C)C#N)(c4ccccc4)OC3=O)cc2)nn1. The first kappa shape index (κ1) is 23.4. The van der Waals surface area contributed by atoms with Crippen LogP contribution in [0.4, 0.5) is 4.79 Å². The molecule has 1 amide bonds. The lowest BCUT2D eigenvalue weighted by Gasteiger charge is -2.45. The third-order valence-electron chi connectivity index (χ3n) is 6.56. The molecule has 0 spiro atoms. The van der Waals surface area contributed by atoms with E-state index in [1.165, 1.54) is 0 Å². The number of amides is 1. The number of rotatable bonds is 6. The van der Waals surface area contributed by atoms with Gasteiger partial charge in [0.1, 0.15) is 5.60 Å². The Hall–Kier alpha value is -3.72. The van der Waals surface area contributed by atoms with Gasteiger partial charge in [-0.25, -0.2) is 4.79 Å². The van der Waals surface area contributed by atoms with Gasteiger partial charge in [-0.05, 0) is 51.0 Å². The van der Waals surface area contributed by atoms with E-state index >= 15 is 0 Å². The summed E-state index contributed by atoms with van der Waals surface area (Å²) >= 11 is 0. The summed E-state index contributed by atoms with van der Waals surface area (Å²) in [6, 6.07) is 23.9. The first-order chi connectivity index (χ1) is 16.2. The zero-order chi connectivity index (χ0) is 24.3. The highest BCUT2D eigenvalue weighted by Crippen LogP contribution is 2.44. The average Bonchev–Trinajstić information content (AvgIpc) is 2.85. The number of ether oxygens (including phenoxy) is 1. The van der Waals surface area contributed by atoms with Gasteiger partial charge in [0.25, 0.3) is 0 Å². The molecule has 174 valence electrons. The van der Waals surface area contributed by atoms with Crippen LogP contribution in [-0.2, 0) is 10.3 Å². The number of cyclic esters (lactones) is 1. The van der Waals surface area contributed by atoms with Crippen LogP contribution in [-0.4, -0.2) is 27.7 Å². The quantitative estimate of drug-likeness (QED) is 0.444. The maximum atomic E-state index is 13.3. The largest absolute Gasteiger partial charge is 0.438 e. The normalized spacial score (nSPS) is 19.3. The van der Waals surface area contributed by atoms with Crippen LogP contribution >= 0.6 is 0 Å². The Morgan fingerprint density at radius 2 is 1.79 bits per heavy atom. The van der Waals surface area contributed by atoms with Crippen molar-refractivity contribution in [3.8, 4) is 17.3 Å². The van der Waals surface area contributed by atoms with Gasteiger partial charge in [-0.1, -0.05) is 54.6 Å². The van der Waals surface area contributed by atoms with Crippen LogP contribution in [0, 0.1) is 23.7 Å². The summed E-state index contributed by atoms with van der Waals surface area (Å²) in [5, 5.41) is 18.0. The number of benzene rings is 2. The van der Waals surface area contributed by atoms with E-state index in [-0.39, 0.29) is 12.1 Å². The minimum atomic E-state index is -0.818. The van der Waals surface area contributed by atoms with Gasteiger partial charge < -0.3 is 9.64 Å². The Bertz CT molecular complexity index is 1180. The fourth-order valence-corrected chi connectivity index (χ4v) is 4.61. The summed E-state index contributed by atoms with van der Waals surface area (Å²) in [7, 11) is 0. The van der Waals surface area contributed by atoms with Crippen molar-refractivity contribution >= 4 is 6.09 Å². The van der Waals surface area contributed by atoms with Gasteiger partial charge in [0.2, 0.25) is 0 Å². The van der Waals surface area contributed by atoms with E-state index in [4.69, 9.17) is 4.74 Å². The summed E-state index contributed by atoms with van der Waals surface area (Å²) in [6.07, 6.45) is 0.709. The number of carbonyl (C=O) groups excluding carboxylic acids is 1. The predicted octanol–water partition coefficient (Wildman–Crippen LogP) is 6.19. The number of hydrogen-bond acceptors (Lipinski definition) is 5. The molecule has 1 aliphatic rings. The Morgan fingerprint density at radius 3 is 2.38 bits per heavy atom. The molecule has 4 rings (SSSR count). The molecule has 1 fully saturated rings. The number of nitrogens with zero attached hydrogens (tertiary/aromatic N) is 4. The molecule has 6 heteroatoms. The molecule has 1 aliphatic heterocycles. The smallest absolute Gasteiger partial charge is 0.411 e.